The lowest BCUT2D eigenvalue weighted by atomic mass is 10.1. The molecule has 6 rings (SSSR count). The summed E-state index contributed by atoms with van der Waals surface area (Å²) in [5, 5.41) is 14.1. The number of sulfonamides is 2. The first-order valence-electron chi connectivity index (χ1n) is 25.5. The fraction of sp³-hybridized carbons (Fsp3) is 0.577. The zero-order valence-electron chi connectivity index (χ0n) is 41.2. The number of nitrogens with one attached hydrogen (secondary N) is 4. The quantitative estimate of drug-likeness (QED) is 0.0453. The molecule has 2 unspecified atom stereocenters. The highest BCUT2D eigenvalue weighted by Crippen LogP contribution is 2.29. The van der Waals surface area contributed by atoms with Crippen LogP contribution in [-0.2, 0) is 33.1 Å². The number of carbonyl (C=O) groups excluding carboxylic acids is 2. The third-order valence-corrected chi connectivity index (χ3v) is 20.2. The monoisotopic (exact) mass is 1080 g/mol. The van der Waals surface area contributed by atoms with E-state index < -0.39 is 20.0 Å². The first-order chi connectivity index (χ1) is 33.8. The smallest absolute Gasteiger partial charge is 0.252 e. The lowest BCUT2D eigenvalue weighted by molar-refractivity contribution is 0.0943. The molecule has 70 heavy (non-hydrogen) atoms. The van der Waals surface area contributed by atoms with Crippen molar-refractivity contribution in [1.29, 1.82) is 0 Å². The van der Waals surface area contributed by atoms with Crippen LogP contribution in [0.25, 0.3) is 0 Å². The molecule has 18 heteroatoms. The van der Waals surface area contributed by atoms with Crippen molar-refractivity contribution in [2.24, 2.45) is 0 Å². The summed E-state index contributed by atoms with van der Waals surface area (Å²) in [7, 11) is -7.04. The lowest BCUT2D eigenvalue weighted by Crippen LogP contribution is -2.34. The molecule has 2 saturated heterocycles. The number of unbranched alkanes of at least 4 members (excludes halogenated alkanes) is 10. The van der Waals surface area contributed by atoms with Gasteiger partial charge in [0, 0.05) is 69.2 Å². The van der Waals surface area contributed by atoms with Crippen molar-refractivity contribution in [2.45, 2.75) is 163 Å². The minimum absolute atomic E-state index is 0.215. The van der Waals surface area contributed by atoms with Gasteiger partial charge in [-0.2, -0.15) is 8.61 Å². The maximum absolute atomic E-state index is 13.3. The average Bonchev–Trinajstić information content (AvgIpc) is 3.91. The minimum atomic E-state index is -3.53. The van der Waals surface area contributed by atoms with Crippen LogP contribution in [-0.4, -0.2) is 88.6 Å². The topological polar surface area (TPSA) is 157 Å². The first kappa shape index (κ1) is 58.0. The van der Waals surface area contributed by atoms with E-state index in [4.69, 9.17) is 23.2 Å². The second-order valence-electron chi connectivity index (χ2n) is 18.3. The van der Waals surface area contributed by atoms with Gasteiger partial charge in [-0.25, -0.2) is 16.8 Å². The van der Waals surface area contributed by atoms with Gasteiger partial charge in [0.05, 0.1) is 13.1 Å². The van der Waals surface area contributed by atoms with E-state index in [1.165, 1.54) is 86.9 Å². The summed E-state index contributed by atoms with van der Waals surface area (Å²) in [5.74, 6) is -0.433. The van der Waals surface area contributed by atoms with E-state index in [-0.39, 0.29) is 24.9 Å². The van der Waals surface area contributed by atoms with Crippen molar-refractivity contribution in [3.63, 3.8) is 0 Å². The van der Waals surface area contributed by atoms with E-state index in [0.717, 1.165) is 74.2 Å². The Morgan fingerprint density at radius 2 is 0.900 bits per heavy atom. The van der Waals surface area contributed by atoms with Crippen molar-refractivity contribution >= 4 is 77.7 Å². The molecule has 0 radical (unpaired) electrons. The van der Waals surface area contributed by atoms with Gasteiger partial charge in [-0.1, -0.05) is 101 Å². The highest BCUT2D eigenvalue weighted by molar-refractivity contribution is 7.91. The summed E-state index contributed by atoms with van der Waals surface area (Å²) < 4.78 is 56.8. The standard InChI is InChI=1S/C30H46ClN3O3S2.C22H30ClN3O3S2/c1-2-3-4-5-6-7-8-9-10-11-21-32-27-13-12-22-34(23-20-27)39(36,37)29-19-18-28(38-29)24-33-30(35)25-14-16-26(31)17-15-25;1-2-3-13-24-19-5-4-14-26(15-12-19)31(28,29)21-11-10-20(30-21)16-25-22(27)17-6-8-18(23)9-7-17/h14-19,27,32H,2-13,20-24H2,1H3,(H,33,35);6-11,19,24H,2-5,12-16H2,1H3,(H,25,27). The molecule has 2 aromatic carbocycles. The van der Waals surface area contributed by atoms with Gasteiger partial charge in [0.1, 0.15) is 8.42 Å². The fourth-order valence-corrected chi connectivity index (χ4v) is 14.7. The van der Waals surface area contributed by atoms with Gasteiger partial charge in [-0.3, -0.25) is 9.59 Å². The summed E-state index contributed by atoms with van der Waals surface area (Å²) >= 11 is 14.2. The Kier molecular flexibility index (Phi) is 25.7. The molecule has 4 heterocycles. The number of rotatable bonds is 26. The third kappa shape index (κ3) is 19.5. The van der Waals surface area contributed by atoms with Crippen molar-refractivity contribution in [2.75, 3.05) is 39.3 Å². The molecule has 388 valence electrons. The number of carbonyl (C=O) groups is 2. The third-order valence-electron chi connectivity index (χ3n) is 12.8. The van der Waals surface area contributed by atoms with Crippen LogP contribution >= 0.6 is 45.9 Å². The van der Waals surface area contributed by atoms with Crippen LogP contribution in [0.2, 0.25) is 10.0 Å². The summed E-state index contributed by atoms with van der Waals surface area (Å²) in [5.41, 5.74) is 1.03. The van der Waals surface area contributed by atoms with Crippen LogP contribution in [0.5, 0.6) is 0 Å². The summed E-state index contributed by atoms with van der Waals surface area (Å²) in [6.07, 6.45) is 21.1. The second kappa shape index (κ2) is 31.0. The van der Waals surface area contributed by atoms with Crippen LogP contribution < -0.4 is 21.3 Å². The molecule has 2 aliphatic heterocycles. The van der Waals surface area contributed by atoms with Crippen LogP contribution in [0.3, 0.4) is 0 Å². The Labute approximate surface area is 437 Å². The lowest BCUT2D eigenvalue weighted by Gasteiger charge is -2.19. The van der Waals surface area contributed by atoms with E-state index in [1.807, 2.05) is 0 Å². The van der Waals surface area contributed by atoms with Gasteiger partial charge < -0.3 is 21.3 Å². The van der Waals surface area contributed by atoms with Crippen molar-refractivity contribution < 1.29 is 26.4 Å². The Hall–Kier alpha value is -2.90. The van der Waals surface area contributed by atoms with Gasteiger partial charge in [0.25, 0.3) is 31.9 Å². The molecular formula is C52H76Cl2N6O6S4. The Balaban J connectivity index is 0.000000267. The maximum atomic E-state index is 13.3. The SMILES string of the molecule is CCCCCCCCCCCCNC1CCCN(S(=O)(=O)c2ccc(CNC(=O)c3ccc(Cl)cc3)s2)CC1.CCCCNC1CCCN(S(=O)(=O)c2ccc(CNC(=O)c3ccc(Cl)cc3)s2)CC1. The number of halogens is 2. The van der Waals surface area contributed by atoms with Crippen LogP contribution in [0.15, 0.2) is 81.2 Å². The van der Waals surface area contributed by atoms with Crippen LogP contribution in [0.4, 0.5) is 0 Å². The van der Waals surface area contributed by atoms with E-state index in [0.29, 0.717) is 67.9 Å². The summed E-state index contributed by atoms with van der Waals surface area (Å²) in [6.45, 7) is 9.18. The molecule has 2 atom stereocenters. The van der Waals surface area contributed by atoms with Crippen LogP contribution in [0.1, 0.15) is 160 Å². The maximum Gasteiger partial charge on any atom is 0.252 e. The van der Waals surface area contributed by atoms with Crippen molar-refractivity contribution in [3.8, 4) is 0 Å². The van der Waals surface area contributed by atoms with Gasteiger partial charge in [0.2, 0.25) is 0 Å². The van der Waals surface area contributed by atoms with E-state index in [9.17, 15) is 26.4 Å². The van der Waals surface area contributed by atoms with Gasteiger partial charge in [-0.05, 0) is 137 Å². The van der Waals surface area contributed by atoms with E-state index >= 15 is 0 Å². The normalized spacial score (nSPS) is 17.3. The van der Waals surface area contributed by atoms with Gasteiger partial charge >= 0.3 is 0 Å². The zero-order valence-corrected chi connectivity index (χ0v) is 46.0. The Morgan fingerprint density at radius 3 is 1.31 bits per heavy atom. The number of hydrogen-bond acceptors (Lipinski definition) is 10. The zero-order chi connectivity index (χ0) is 50.2. The molecular weight excluding hydrogens is 1000 g/mol. The molecule has 4 aromatic rings. The summed E-state index contributed by atoms with van der Waals surface area (Å²) in [4.78, 5) is 26.2. The largest absolute Gasteiger partial charge is 0.347 e. The minimum Gasteiger partial charge on any atom is -0.347 e. The summed E-state index contributed by atoms with van der Waals surface area (Å²) in [6, 6.07) is 21.0. The number of thiophene rings is 2. The molecule has 2 fully saturated rings. The van der Waals surface area contributed by atoms with Gasteiger partial charge in [0.15, 0.2) is 0 Å². The Bertz CT molecular complexity index is 2380. The molecule has 0 aliphatic carbocycles. The number of nitrogens with zero attached hydrogens (tertiary/aromatic N) is 2. The molecule has 0 spiro atoms. The van der Waals surface area contributed by atoms with E-state index in [1.54, 1.807) is 81.4 Å². The number of hydrogen-bond donors (Lipinski definition) is 4. The fourth-order valence-electron chi connectivity index (χ4n) is 8.61. The Morgan fingerprint density at radius 1 is 0.514 bits per heavy atom. The number of amides is 2. The number of benzene rings is 2. The molecule has 2 aromatic heterocycles. The molecule has 0 saturated carbocycles. The highest BCUT2D eigenvalue weighted by atomic mass is 35.5. The first-order valence-corrected chi connectivity index (χ1v) is 30.8. The van der Waals surface area contributed by atoms with Crippen LogP contribution in [0, 0.1) is 0 Å². The predicted molar refractivity (Wildman–Crippen MR) is 289 cm³/mol. The molecule has 0 bridgehead atoms. The molecule has 12 nitrogen and oxygen atoms in total. The van der Waals surface area contributed by atoms with Crippen molar-refractivity contribution in [3.05, 3.63) is 104 Å². The molecule has 2 aliphatic rings. The molecule has 2 amide bonds. The second-order valence-corrected chi connectivity index (χ2v) is 25.9. The van der Waals surface area contributed by atoms with E-state index in [2.05, 4.69) is 35.1 Å². The average molecular weight is 1080 g/mol. The predicted octanol–water partition coefficient (Wildman–Crippen LogP) is 11.6. The highest BCUT2D eigenvalue weighted by Gasteiger charge is 2.30. The van der Waals surface area contributed by atoms with Gasteiger partial charge in [-0.15, -0.1) is 22.7 Å². The van der Waals surface area contributed by atoms with Crippen molar-refractivity contribution in [1.82, 2.24) is 29.9 Å². The molecule has 4 N–H and O–H groups in total.